The van der Waals surface area contributed by atoms with Crippen molar-refractivity contribution in [3.63, 3.8) is 0 Å². The molecule has 1 amide bonds. The van der Waals surface area contributed by atoms with E-state index in [-0.39, 0.29) is 23.5 Å². The van der Waals surface area contributed by atoms with E-state index in [0.717, 1.165) is 12.8 Å². The number of rotatable bonds is 6. The Hall–Kier alpha value is -2.13. The molecule has 2 unspecified atom stereocenters. The highest BCUT2D eigenvalue weighted by Crippen LogP contribution is 2.23. The zero-order chi connectivity index (χ0) is 18.7. The number of hydrogen-bond acceptors (Lipinski definition) is 5. The average Bonchev–Trinajstić information content (AvgIpc) is 3.23. The van der Waals surface area contributed by atoms with E-state index in [1.165, 1.54) is 22.4 Å². The van der Waals surface area contributed by atoms with Crippen molar-refractivity contribution >= 4 is 23.4 Å². The molecule has 3 rings (SSSR count). The van der Waals surface area contributed by atoms with Crippen molar-refractivity contribution in [3.8, 4) is 0 Å². The topological polar surface area (TPSA) is 89.0 Å². The quantitative estimate of drug-likeness (QED) is 0.751. The molecule has 0 aliphatic carbocycles. The first-order valence-electron chi connectivity index (χ1n) is 8.44. The Bertz CT molecular complexity index is 845. The third-order valence-electron chi connectivity index (χ3n) is 4.22. The second-order valence-electron chi connectivity index (χ2n) is 6.27. The number of aryl methyl sites for hydroxylation is 1. The number of nitrogens with zero attached hydrogens (tertiary/aromatic N) is 2. The summed E-state index contributed by atoms with van der Waals surface area (Å²) in [4.78, 5) is 24.3. The summed E-state index contributed by atoms with van der Waals surface area (Å²) in [6.07, 6.45) is 1.87. The fourth-order valence-corrected chi connectivity index (χ4v) is 3.54. The number of carbonyl (C=O) groups excluding carboxylic acids is 1. The predicted octanol–water partition coefficient (Wildman–Crippen LogP) is 2.32. The van der Waals surface area contributed by atoms with Crippen LogP contribution in [0.1, 0.15) is 25.3 Å². The third-order valence-corrected chi connectivity index (χ3v) is 5.31. The van der Waals surface area contributed by atoms with Crippen LogP contribution in [0.4, 0.5) is 10.1 Å². The summed E-state index contributed by atoms with van der Waals surface area (Å²) in [6.45, 7) is 4.48. The van der Waals surface area contributed by atoms with Crippen molar-refractivity contribution in [2.24, 2.45) is 0 Å². The smallest absolute Gasteiger partial charge is 0.344 e. The molecule has 2 N–H and O–H groups in total. The van der Waals surface area contributed by atoms with E-state index in [0.29, 0.717) is 29.6 Å². The Kier molecular flexibility index (Phi) is 5.77. The summed E-state index contributed by atoms with van der Waals surface area (Å²) in [7, 11) is 0. The number of benzene rings is 1. The summed E-state index contributed by atoms with van der Waals surface area (Å²) >= 11 is 1.17. The number of anilines is 1. The summed E-state index contributed by atoms with van der Waals surface area (Å²) < 4.78 is 20.7. The lowest BCUT2D eigenvalue weighted by Crippen LogP contribution is -2.27. The molecule has 1 aromatic heterocycles. The van der Waals surface area contributed by atoms with Crippen molar-refractivity contribution in [2.75, 3.05) is 11.9 Å². The van der Waals surface area contributed by atoms with Gasteiger partial charge in [-0.2, -0.15) is 0 Å². The van der Waals surface area contributed by atoms with Crippen LogP contribution >= 0.6 is 11.8 Å². The molecule has 26 heavy (non-hydrogen) atoms. The van der Waals surface area contributed by atoms with Crippen LogP contribution in [0.3, 0.4) is 0 Å². The van der Waals surface area contributed by atoms with Gasteiger partial charge in [0.25, 0.3) is 0 Å². The fraction of sp³-hybridized carbons (Fsp3) is 0.471. The van der Waals surface area contributed by atoms with Gasteiger partial charge in [-0.3, -0.25) is 9.36 Å². The molecule has 0 bridgehead atoms. The highest BCUT2D eigenvalue weighted by Gasteiger charge is 2.23. The monoisotopic (exact) mass is 380 g/mol. The number of ether oxygens (including phenoxy) is 1. The number of hydrogen-bond donors (Lipinski definition) is 2. The van der Waals surface area contributed by atoms with Gasteiger partial charge in [-0.05, 0) is 44.4 Å². The van der Waals surface area contributed by atoms with E-state index < -0.39 is 5.25 Å². The Morgan fingerprint density at radius 3 is 3.08 bits per heavy atom. The maximum atomic E-state index is 13.6. The molecule has 1 aliphatic rings. The first-order chi connectivity index (χ1) is 12.4. The molecule has 1 saturated heterocycles. The molecule has 0 spiro atoms. The van der Waals surface area contributed by atoms with Crippen LogP contribution in [0, 0.1) is 12.7 Å². The molecule has 7 nitrogen and oxygen atoms in total. The molecule has 9 heteroatoms. The summed E-state index contributed by atoms with van der Waals surface area (Å²) in [5.74, 6) is -0.668. The highest BCUT2D eigenvalue weighted by atomic mass is 32.2. The van der Waals surface area contributed by atoms with Crippen molar-refractivity contribution in [1.29, 1.82) is 0 Å². The lowest BCUT2D eigenvalue weighted by Gasteiger charge is -2.14. The Morgan fingerprint density at radius 2 is 2.38 bits per heavy atom. The largest absolute Gasteiger partial charge is 0.376 e. The van der Waals surface area contributed by atoms with Gasteiger partial charge >= 0.3 is 5.69 Å². The van der Waals surface area contributed by atoms with Crippen molar-refractivity contribution < 1.29 is 13.9 Å². The Labute approximate surface area is 154 Å². The zero-order valence-corrected chi connectivity index (χ0v) is 15.4. The molecule has 2 aromatic rings. The van der Waals surface area contributed by atoms with E-state index in [1.54, 1.807) is 26.0 Å². The van der Waals surface area contributed by atoms with E-state index in [2.05, 4.69) is 15.5 Å². The average molecular weight is 380 g/mol. The van der Waals surface area contributed by atoms with Gasteiger partial charge in [-0.15, -0.1) is 5.10 Å². The lowest BCUT2D eigenvalue weighted by atomic mass is 10.2. The minimum Gasteiger partial charge on any atom is -0.376 e. The molecule has 0 saturated carbocycles. The van der Waals surface area contributed by atoms with Crippen molar-refractivity contribution in [3.05, 3.63) is 40.1 Å². The number of amides is 1. The van der Waals surface area contributed by atoms with Crippen LogP contribution in [0.25, 0.3) is 0 Å². The number of thioether (sulfide) groups is 1. The van der Waals surface area contributed by atoms with Crippen molar-refractivity contribution in [2.45, 2.75) is 49.7 Å². The van der Waals surface area contributed by atoms with Gasteiger partial charge in [0.15, 0.2) is 5.16 Å². The van der Waals surface area contributed by atoms with E-state index in [1.807, 2.05) is 0 Å². The number of aromatic nitrogens is 3. The van der Waals surface area contributed by atoms with Gasteiger partial charge in [0.2, 0.25) is 5.91 Å². The van der Waals surface area contributed by atoms with Crippen LogP contribution in [0.2, 0.25) is 0 Å². The maximum Gasteiger partial charge on any atom is 0.344 e. The summed E-state index contributed by atoms with van der Waals surface area (Å²) in [5, 5.41) is 9.02. The standard InChI is InChI=1S/C17H21FN4O3S/c1-10-5-6-12(8-14(10)18)19-15(23)11(2)26-17-21-20-16(24)22(17)9-13-4-3-7-25-13/h5-6,8,11,13H,3-4,7,9H2,1-2H3,(H,19,23)(H,20,24). The third kappa shape index (κ3) is 4.34. The molecule has 1 aliphatic heterocycles. The maximum absolute atomic E-state index is 13.6. The van der Waals surface area contributed by atoms with Crippen LogP contribution in [-0.4, -0.2) is 38.6 Å². The minimum atomic E-state index is -0.516. The number of carbonyl (C=O) groups is 1. The number of aromatic amines is 1. The molecule has 2 heterocycles. The van der Waals surface area contributed by atoms with Gasteiger partial charge in [-0.25, -0.2) is 14.3 Å². The summed E-state index contributed by atoms with van der Waals surface area (Å²) in [6, 6.07) is 4.54. The van der Waals surface area contributed by atoms with E-state index >= 15 is 0 Å². The first kappa shape index (κ1) is 18.7. The highest BCUT2D eigenvalue weighted by molar-refractivity contribution is 8.00. The van der Waals surface area contributed by atoms with Gasteiger partial charge < -0.3 is 10.1 Å². The molecule has 0 radical (unpaired) electrons. The molecule has 1 aromatic carbocycles. The van der Waals surface area contributed by atoms with Crippen molar-refractivity contribution in [1.82, 2.24) is 14.8 Å². The lowest BCUT2D eigenvalue weighted by molar-refractivity contribution is -0.115. The molecule has 140 valence electrons. The van der Waals surface area contributed by atoms with Gasteiger partial charge in [-0.1, -0.05) is 17.8 Å². The van der Waals surface area contributed by atoms with Crippen LogP contribution in [0.5, 0.6) is 0 Å². The van der Waals surface area contributed by atoms with E-state index in [9.17, 15) is 14.0 Å². The number of H-pyrrole nitrogens is 1. The van der Waals surface area contributed by atoms with Crippen LogP contribution in [-0.2, 0) is 16.1 Å². The molecule has 2 atom stereocenters. The Morgan fingerprint density at radius 1 is 1.58 bits per heavy atom. The molecular formula is C17H21FN4O3S. The molecular weight excluding hydrogens is 359 g/mol. The minimum absolute atomic E-state index is 0.00989. The fourth-order valence-electron chi connectivity index (χ4n) is 2.67. The van der Waals surface area contributed by atoms with Gasteiger partial charge in [0.1, 0.15) is 5.82 Å². The van der Waals surface area contributed by atoms with Gasteiger partial charge in [0, 0.05) is 12.3 Å². The van der Waals surface area contributed by atoms with Crippen LogP contribution < -0.4 is 11.0 Å². The predicted molar refractivity (Wildman–Crippen MR) is 96.9 cm³/mol. The second-order valence-corrected chi connectivity index (χ2v) is 7.58. The van der Waals surface area contributed by atoms with E-state index in [4.69, 9.17) is 4.74 Å². The molecule has 1 fully saturated rings. The zero-order valence-electron chi connectivity index (χ0n) is 14.6. The first-order valence-corrected chi connectivity index (χ1v) is 9.32. The second kappa shape index (κ2) is 8.05. The number of halogens is 1. The number of nitrogens with one attached hydrogen (secondary N) is 2. The SMILES string of the molecule is Cc1ccc(NC(=O)C(C)Sc2n[nH]c(=O)n2CC2CCCO2)cc1F. The Balaban J connectivity index is 1.65. The van der Waals surface area contributed by atoms with Crippen LogP contribution in [0.15, 0.2) is 28.2 Å². The van der Waals surface area contributed by atoms with Gasteiger partial charge in [0.05, 0.1) is 17.9 Å². The summed E-state index contributed by atoms with van der Waals surface area (Å²) in [5.41, 5.74) is 0.584. The normalized spacial score (nSPS) is 18.0.